The van der Waals surface area contributed by atoms with Gasteiger partial charge in [-0.1, -0.05) is 30.7 Å². The topological polar surface area (TPSA) is 57.5 Å². The fourth-order valence-corrected chi connectivity index (χ4v) is 3.53. The predicted molar refractivity (Wildman–Crippen MR) is 115 cm³/mol. The van der Waals surface area contributed by atoms with Crippen LogP contribution in [0.4, 0.5) is 0 Å². The zero-order valence-corrected chi connectivity index (χ0v) is 17.1. The molecule has 2 N–H and O–H groups in total. The minimum Gasteiger partial charge on any atom is -0.357 e. The molecule has 1 aromatic heterocycles. The molecule has 3 rings (SSSR count). The van der Waals surface area contributed by atoms with Crippen molar-refractivity contribution in [3.05, 3.63) is 54.1 Å². The van der Waals surface area contributed by atoms with Crippen LogP contribution >= 0.6 is 0 Å². The Morgan fingerprint density at radius 1 is 1.07 bits per heavy atom. The Bertz CT molecular complexity index is 686. The maximum absolute atomic E-state index is 4.73. The predicted octanol–water partition coefficient (Wildman–Crippen LogP) is 3.01. The van der Waals surface area contributed by atoms with E-state index in [1.54, 1.807) is 0 Å². The summed E-state index contributed by atoms with van der Waals surface area (Å²) >= 11 is 0. The van der Waals surface area contributed by atoms with Gasteiger partial charge in [-0.25, -0.2) is 9.98 Å². The van der Waals surface area contributed by atoms with Crippen LogP contribution in [-0.2, 0) is 19.6 Å². The molecule has 1 aromatic carbocycles. The van der Waals surface area contributed by atoms with E-state index in [1.165, 1.54) is 43.5 Å². The Kier molecular flexibility index (Phi) is 8.37. The third kappa shape index (κ3) is 7.00. The Balaban J connectivity index is 1.43. The summed E-state index contributed by atoms with van der Waals surface area (Å²) in [5.74, 6) is 0.880. The van der Waals surface area contributed by atoms with Crippen LogP contribution in [0.5, 0.6) is 0 Å². The molecule has 0 unspecified atom stereocenters. The molecule has 1 aliphatic rings. The number of benzene rings is 1. The largest absolute Gasteiger partial charge is 0.357 e. The number of piperidine rings is 1. The van der Waals surface area contributed by atoms with E-state index >= 15 is 0 Å². The van der Waals surface area contributed by atoms with Crippen molar-refractivity contribution < 1.29 is 0 Å². The lowest BCUT2D eigenvalue weighted by molar-refractivity contribution is 0.221. The van der Waals surface area contributed by atoms with Crippen molar-refractivity contribution in [2.75, 3.05) is 26.2 Å². The van der Waals surface area contributed by atoms with Crippen molar-refractivity contribution in [2.24, 2.45) is 4.99 Å². The molecule has 0 aliphatic carbocycles. The number of aromatic nitrogens is 2. The lowest BCUT2D eigenvalue weighted by atomic mass is 10.1. The molecule has 6 nitrogen and oxygen atoms in total. The molecule has 0 radical (unpaired) electrons. The second kappa shape index (κ2) is 11.5. The van der Waals surface area contributed by atoms with Gasteiger partial charge in [0.25, 0.3) is 0 Å². The number of guanidine groups is 1. The van der Waals surface area contributed by atoms with Crippen LogP contribution in [0, 0.1) is 0 Å². The first kappa shape index (κ1) is 20.4. The van der Waals surface area contributed by atoms with Crippen LogP contribution in [0.2, 0.25) is 0 Å². The van der Waals surface area contributed by atoms with Gasteiger partial charge in [-0.3, -0.25) is 4.90 Å². The summed E-state index contributed by atoms with van der Waals surface area (Å²) in [6.07, 6.45) is 10.8. The van der Waals surface area contributed by atoms with E-state index in [4.69, 9.17) is 4.99 Å². The molecule has 1 saturated heterocycles. The average molecular weight is 383 g/mol. The van der Waals surface area contributed by atoms with Crippen LogP contribution in [0.15, 0.2) is 48.0 Å². The molecular weight excluding hydrogens is 348 g/mol. The van der Waals surface area contributed by atoms with Crippen LogP contribution in [0.3, 0.4) is 0 Å². The number of aryl methyl sites for hydroxylation is 1. The normalized spacial score (nSPS) is 15.5. The van der Waals surface area contributed by atoms with Gasteiger partial charge in [-0.2, -0.15) is 0 Å². The standard InChI is InChI=1S/C22H34N6/c1-2-24-22(25-11-6-15-28-16-12-23-19-28)26-17-20-7-9-21(10-8-20)18-27-13-4-3-5-14-27/h7-10,12,16,19H,2-6,11,13-15,17-18H2,1H3,(H2,24,25,26). The van der Waals surface area contributed by atoms with Gasteiger partial charge >= 0.3 is 0 Å². The SMILES string of the molecule is CCNC(=NCc1ccc(CN2CCCCC2)cc1)NCCCn1ccnc1. The Morgan fingerprint density at radius 3 is 2.57 bits per heavy atom. The maximum Gasteiger partial charge on any atom is 0.191 e. The third-order valence-electron chi connectivity index (χ3n) is 5.09. The smallest absolute Gasteiger partial charge is 0.191 e. The summed E-state index contributed by atoms with van der Waals surface area (Å²) < 4.78 is 2.09. The summed E-state index contributed by atoms with van der Waals surface area (Å²) in [6.45, 7) is 9.06. The molecule has 2 aromatic rings. The van der Waals surface area contributed by atoms with E-state index in [2.05, 4.69) is 56.3 Å². The van der Waals surface area contributed by atoms with E-state index in [1.807, 2.05) is 18.7 Å². The molecule has 28 heavy (non-hydrogen) atoms. The van der Waals surface area contributed by atoms with E-state index in [-0.39, 0.29) is 0 Å². The minimum atomic E-state index is 0.695. The van der Waals surface area contributed by atoms with E-state index in [0.717, 1.165) is 38.6 Å². The maximum atomic E-state index is 4.73. The Hall–Kier alpha value is -2.34. The highest BCUT2D eigenvalue weighted by Crippen LogP contribution is 2.14. The van der Waals surface area contributed by atoms with E-state index in [9.17, 15) is 0 Å². The van der Waals surface area contributed by atoms with Crippen molar-refractivity contribution in [1.29, 1.82) is 0 Å². The zero-order valence-electron chi connectivity index (χ0n) is 17.1. The Labute approximate surface area is 169 Å². The number of hydrogen-bond donors (Lipinski definition) is 2. The minimum absolute atomic E-state index is 0.695. The average Bonchev–Trinajstić information content (AvgIpc) is 3.25. The lowest BCUT2D eigenvalue weighted by Crippen LogP contribution is -2.38. The number of nitrogens with zero attached hydrogens (tertiary/aromatic N) is 4. The van der Waals surface area contributed by atoms with Crippen LogP contribution < -0.4 is 10.6 Å². The van der Waals surface area contributed by atoms with Gasteiger partial charge in [0.05, 0.1) is 12.9 Å². The van der Waals surface area contributed by atoms with E-state index < -0.39 is 0 Å². The fourth-order valence-electron chi connectivity index (χ4n) is 3.53. The molecular formula is C22H34N6. The van der Waals surface area contributed by atoms with Crippen molar-refractivity contribution in [2.45, 2.75) is 52.2 Å². The summed E-state index contributed by atoms with van der Waals surface area (Å²) in [6, 6.07) is 8.94. The molecule has 152 valence electrons. The molecule has 2 heterocycles. The van der Waals surface area contributed by atoms with Crippen LogP contribution in [0.1, 0.15) is 43.7 Å². The molecule has 0 atom stereocenters. The van der Waals surface area contributed by atoms with Gasteiger partial charge in [-0.05, 0) is 50.4 Å². The highest BCUT2D eigenvalue weighted by Gasteiger charge is 2.10. The summed E-state index contributed by atoms with van der Waals surface area (Å²) in [4.78, 5) is 11.4. The van der Waals surface area contributed by atoms with Gasteiger partial charge in [0, 0.05) is 38.6 Å². The van der Waals surface area contributed by atoms with Gasteiger partial charge in [-0.15, -0.1) is 0 Å². The van der Waals surface area contributed by atoms with Gasteiger partial charge in [0.1, 0.15) is 0 Å². The first-order valence-corrected chi connectivity index (χ1v) is 10.6. The van der Waals surface area contributed by atoms with Crippen molar-refractivity contribution >= 4 is 5.96 Å². The lowest BCUT2D eigenvalue weighted by Gasteiger charge is -2.26. The molecule has 6 heteroatoms. The van der Waals surface area contributed by atoms with Crippen LogP contribution in [-0.4, -0.2) is 46.6 Å². The monoisotopic (exact) mass is 382 g/mol. The van der Waals surface area contributed by atoms with Crippen molar-refractivity contribution in [3.8, 4) is 0 Å². The summed E-state index contributed by atoms with van der Waals surface area (Å²) in [5.41, 5.74) is 2.65. The number of rotatable bonds is 9. The molecule has 0 bridgehead atoms. The zero-order chi connectivity index (χ0) is 19.4. The highest BCUT2D eigenvalue weighted by atomic mass is 15.2. The molecule has 0 saturated carbocycles. The van der Waals surface area contributed by atoms with Gasteiger partial charge < -0.3 is 15.2 Å². The number of likely N-dealkylation sites (tertiary alicyclic amines) is 1. The summed E-state index contributed by atoms with van der Waals surface area (Å²) in [5, 5.41) is 6.74. The van der Waals surface area contributed by atoms with Crippen molar-refractivity contribution in [1.82, 2.24) is 25.1 Å². The Morgan fingerprint density at radius 2 is 1.86 bits per heavy atom. The third-order valence-corrected chi connectivity index (χ3v) is 5.09. The fraction of sp³-hybridized carbons (Fsp3) is 0.545. The number of imidazole rings is 1. The second-order valence-corrected chi connectivity index (χ2v) is 7.43. The number of aliphatic imine (C=N–C) groups is 1. The highest BCUT2D eigenvalue weighted by molar-refractivity contribution is 5.79. The van der Waals surface area contributed by atoms with Crippen LogP contribution in [0.25, 0.3) is 0 Å². The number of hydrogen-bond acceptors (Lipinski definition) is 3. The number of nitrogens with one attached hydrogen (secondary N) is 2. The molecule has 0 amide bonds. The first-order chi connectivity index (χ1) is 13.8. The molecule has 1 fully saturated rings. The summed E-state index contributed by atoms with van der Waals surface area (Å²) in [7, 11) is 0. The molecule has 0 spiro atoms. The van der Waals surface area contributed by atoms with E-state index in [0.29, 0.717) is 6.54 Å². The first-order valence-electron chi connectivity index (χ1n) is 10.6. The van der Waals surface area contributed by atoms with Gasteiger partial charge in [0.2, 0.25) is 0 Å². The molecule has 1 aliphatic heterocycles. The van der Waals surface area contributed by atoms with Gasteiger partial charge in [0.15, 0.2) is 5.96 Å². The van der Waals surface area contributed by atoms with Crippen molar-refractivity contribution in [3.63, 3.8) is 0 Å². The quantitative estimate of drug-likeness (QED) is 0.398. The second-order valence-electron chi connectivity index (χ2n) is 7.43.